The summed E-state index contributed by atoms with van der Waals surface area (Å²) in [5.41, 5.74) is 2.88. The average molecular weight is 318 g/mol. The first-order valence-corrected chi connectivity index (χ1v) is 8.42. The molecular weight excluding hydrogens is 290 g/mol. The highest BCUT2D eigenvalue weighted by molar-refractivity contribution is 5.95. The number of amides is 2. The lowest BCUT2D eigenvalue weighted by Crippen LogP contribution is -3.14. The molecular formula is C18H28N3O2+. The molecule has 0 saturated carbocycles. The summed E-state index contributed by atoms with van der Waals surface area (Å²) in [6.45, 7) is 8.75. The predicted molar refractivity (Wildman–Crippen MR) is 91.5 cm³/mol. The summed E-state index contributed by atoms with van der Waals surface area (Å²) in [5.74, 6) is 0.536. The van der Waals surface area contributed by atoms with Gasteiger partial charge in [0.15, 0.2) is 6.54 Å². The van der Waals surface area contributed by atoms with Crippen LogP contribution in [-0.2, 0) is 9.59 Å². The van der Waals surface area contributed by atoms with Crippen LogP contribution in [0.25, 0.3) is 0 Å². The summed E-state index contributed by atoms with van der Waals surface area (Å²) in [4.78, 5) is 25.3. The van der Waals surface area contributed by atoms with Gasteiger partial charge < -0.3 is 15.5 Å². The minimum Gasteiger partial charge on any atom is -0.342 e. The first-order valence-electron chi connectivity index (χ1n) is 8.42. The van der Waals surface area contributed by atoms with Crippen LogP contribution >= 0.6 is 0 Å². The number of para-hydroxylation sites is 1. The van der Waals surface area contributed by atoms with Crippen molar-refractivity contribution < 1.29 is 14.5 Å². The Kier molecular flexibility index (Phi) is 6.16. The van der Waals surface area contributed by atoms with Gasteiger partial charge in [-0.2, -0.15) is 0 Å². The minimum atomic E-state index is -0.182. The Labute approximate surface area is 138 Å². The topological polar surface area (TPSA) is 62.6 Å². The van der Waals surface area contributed by atoms with E-state index in [0.717, 1.165) is 35.8 Å². The molecule has 1 aliphatic rings. The molecule has 2 amide bonds. The van der Waals surface area contributed by atoms with Crippen molar-refractivity contribution in [2.24, 2.45) is 5.92 Å². The number of carbonyl (C=O) groups is 2. The lowest BCUT2D eigenvalue weighted by atomic mass is 9.99. The number of rotatable bonds is 5. The zero-order valence-corrected chi connectivity index (χ0v) is 14.4. The third kappa shape index (κ3) is 5.36. The highest BCUT2D eigenvalue weighted by Gasteiger charge is 2.21. The molecule has 126 valence electrons. The van der Waals surface area contributed by atoms with Gasteiger partial charge >= 0.3 is 0 Å². The molecule has 5 nitrogen and oxygen atoms in total. The predicted octanol–water partition coefficient (Wildman–Crippen LogP) is 0.673. The molecule has 0 atom stereocenters. The number of benzene rings is 1. The molecule has 2 rings (SSSR count). The Hall–Kier alpha value is -1.88. The van der Waals surface area contributed by atoms with Gasteiger partial charge in [-0.05, 0) is 43.7 Å². The van der Waals surface area contributed by atoms with Gasteiger partial charge in [0, 0.05) is 5.69 Å². The Bertz CT molecular complexity index is 543. The molecule has 0 aromatic heterocycles. The van der Waals surface area contributed by atoms with Crippen LogP contribution in [0.15, 0.2) is 18.2 Å². The molecule has 0 bridgehead atoms. The maximum Gasteiger partial charge on any atom is 0.275 e. The Morgan fingerprint density at radius 2 is 1.74 bits per heavy atom. The van der Waals surface area contributed by atoms with E-state index in [1.54, 1.807) is 0 Å². The first-order chi connectivity index (χ1) is 11.0. The van der Waals surface area contributed by atoms with E-state index in [4.69, 9.17) is 0 Å². The van der Waals surface area contributed by atoms with Crippen molar-refractivity contribution in [1.82, 2.24) is 5.32 Å². The second-order valence-electron chi connectivity index (χ2n) is 6.70. The molecule has 1 heterocycles. The molecule has 1 saturated heterocycles. The monoisotopic (exact) mass is 318 g/mol. The van der Waals surface area contributed by atoms with Crippen LogP contribution in [-0.4, -0.2) is 38.0 Å². The van der Waals surface area contributed by atoms with E-state index in [1.165, 1.54) is 17.7 Å². The van der Waals surface area contributed by atoms with Crippen molar-refractivity contribution in [2.75, 3.05) is 31.5 Å². The van der Waals surface area contributed by atoms with E-state index in [-0.39, 0.29) is 18.4 Å². The van der Waals surface area contributed by atoms with Crippen molar-refractivity contribution in [3.05, 3.63) is 29.3 Å². The molecule has 3 N–H and O–H groups in total. The summed E-state index contributed by atoms with van der Waals surface area (Å²) in [6.07, 6.45) is 2.35. The molecule has 1 aliphatic heterocycles. The number of anilines is 1. The van der Waals surface area contributed by atoms with Crippen LogP contribution in [0.2, 0.25) is 0 Å². The molecule has 0 radical (unpaired) electrons. The van der Waals surface area contributed by atoms with Crippen molar-refractivity contribution in [3.8, 4) is 0 Å². The highest BCUT2D eigenvalue weighted by Crippen LogP contribution is 2.18. The summed E-state index contributed by atoms with van der Waals surface area (Å²) < 4.78 is 0. The number of quaternary nitrogens is 1. The van der Waals surface area contributed by atoms with Crippen LogP contribution < -0.4 is 15.5 Å². The fourth-order valence-corrected chi connectivity index (χ4v) is 3.01. The van der Waals surface area contributed by atoms with Crippen molar-refractivity contribution in [2.45, 2.75) is 33.6 Å². The van der Waals surface area contributed by atoms with Crippen LogP contribution in [0, 0.1) is 19.8 Å². The van der Waals surface area contributed by atoms with Crippen molar-refractivity contribution >= 4 is 17.5 Å². The largest absolute Gasteiger partial charge is 0.342 e. The summed E-state index contributed by atoms with van der Waals surface area (Å²) in [6, 6.07) is 5.88. The van der Waals surface area contributed by atoms with Crippen molar-refractivity contribution in [3.63, 3.8) is 0 Å². The second-order valence-corrected chi connectivity index (χ2v) is 6.70. The summed E-state index contributed by atoms with van der Waals surface area (Å²) >= 11 is 0. The number of hydrogen-bond acceptors (Lipinski definition) is 2. The van der Waals surface area contributed by atoms with Gasteiger partial charge in [0.2, 0.25) is 5.91 Å². The van der Waals surface area contributed by atoms with Crippen LogP contribution in [0.4, 0.5) is 5.69 Å². The fraction of sp³-hybridized carbons (Fsp3) is 0.556. The lowest BCUT2D eigenvalue weighted by Gasteiger charge is -2.26. The lowest BCUT2D eigenvalue weighted by molar-refractivity contribution is -0.898. The van der Waals surface area contributed by atoms with Gasteiger partial charge in [-0.15, -0.1) is 0 Å². The SMILES string of the molecule is Cc1cccc(C)c1NC(=O)CNC(=O)C[NH+]1CCC(C)CC1. The quantitative estimate of drug-likeness (QED) is 0.747. The zero-order chi connectivity index (χ0) is 16.8. The third-order valence-corrected chi connectivity index (χ3v) is 4.58. The van der Waals surface area contributed by atoms with Gasteiger partial charge in [0.1, 0.15) is 0 Å². The summed E-state index contributed by atoms with van der Waals surface area (Å²) in [5, 5.41) is 5.61. The third-order valence-electron chi connectivity index (χ3n) is 4.58. The number of nitrogens with one attached hydrogen (secondary N) is 3. The maximum atomic E-state index is 12.0. The van der Waals surface area contributed by atoms with E-state index in [2.05, 4.69) is 17.6 Å². The van der Waals surface area contributed by atoms with Gasteiger partial charge in [-0.3, -0.25) is 9.59 Å². The van der Waals surface area contributed by atoms with Gasteiger partial charge in [-0.25, -0.2) is 0 Å². The molecule has 1 fully saturated rings. The molecule has 1 aromatic rings. The van der Waals surface area contributed by atoms with E-state index in [9.17, 15) is 9.59 Å². The normalized spacial score (nSPS) is 20.8. The van der Waals surface area contributed by atoms with E-state index in [1.807, 2.05) is 32.0 Å². The highest BCUT2D eigenvalue weighted by atomic mass is 16.2. The van der Waals surface area contributed by atoms with Crippen LogP contribution in [0.5, 0.6) is 0 Å². The number of piperidine rings is 1. The minimum absolute atomic E-state index is 0.0241. The van der Waals surface area contributed by atoms with E-state index < -0.39 is 0 Å². The molecule has 0 unspecified atom stereocenters. The molecule has 5 heteroatoms. The number of likely N-dealkylation sites (tertiary alicyclic amines) is 1. The number of carbonyl (C=O) groups excluding carboxylic acids is 2. The average Bonchev–Trinajstić information content (AvgIpc) is 2.51. The van der Waals surface area contributed by atoms with Gasteiger partial charge in [0.05, 0.1) is 19.6 Å². The van der Waals surface area contributed by atoms with Crippen LogP contribution in [0.3, 0.4) is 0 Å². The standard InChI is InChI=1S/C18H27N3O2/c1-13-7-9-21(10-8-13)12-17(23)19-11-16(22)20-18-14(2)5-4-6-15(18)3/h4-6,13H,7-12H2,1-3H3,(H,19,23)(H,20,22)/p+1. The molecule has 23 heavy (non-hydrogen) atoms. The van der Waals surface area contributed by atoms with Crippen molar-refractivity contribution in [1.29, 1.82) is 0 Å². The van der Waals surface area contributed by atoms with Crippen LogP contribution in [0.1, 0.15) is 30.9 Å². The smallest absolute Gasteiger partial charge is 0.275 e. The van der Waals surface area contributed by atoms with Gasteiger partial charge in [0.25, 0.3) is 5.91 Å². The molecule has 1 aromatic carbocycles. The molecule has 0 spiro atoms. The van der Waals surface area contributed by atoms with E-state index >= 15 is 0 Å². The Balaban J connectivity index is 1.75. The second kappa shape index (κ2) is 8.11. The maximum absolute atomic E-state index is 12.0. The first kappa shape index (κ1) is 17.5. The fourth-order valence-electron chi connectivity index (χ4n) is 3.01. The summed E-state index contributed by atoms with van der Waals surface area (Å²) in [7, 11) is 0. The zero-order valence-electron chi connectivity index (χ0n) is 14.4. The number of aryl methyl sites for hydroxylation is 2. The Morgan fingerprint density at radius 3 is 2.35 bits per heavy atom. The Morgan fingerprint density at radius 1 is 1.13 bits per heavy atom. The van der Waals surface area contributed by atoms with E-state index in [0.29, 0.717) is 6.54 Å². The number of hydrogen-bond donors (Lipinski definition) is 3. The molecule has 0 aliphatic carbocycles. The van der Waals surface area contributed by atoms with Gasteiger partial charge in [-0.1, -0.05) is 25.1 Å².